The van der Waals surface area contributed by atoms with Crippen LogP contribution in [0.3, 0.4) is 0 Å². The molecule has 3 amide bonds. The van der Waals surface area contributed by atoms with Gasteiger partial charge in [-0.15, -0.1) is 11.3 Å². The minimum Gasteiger partial charge on any atom is -0.486 e. The number of nitrogens with two attached hydrogens (primary N) is 1. The SMILES string of the molecule is CN(C)C(=O)C=CCCC(OC(N)=O)C(=O)Nc1cccn(Cc2nc3cccc(COc4ccc(F)cc4F)c3s2)c1=O. The molecule has 0 aliphatic heterocycles. The first-order valence-corrected chi connectivity index (χ1v) is 14.1. The van der Waals surface area contributed by atoms with Gasteiger partial charge in [-0.2, -0.15) is 0 Å². The normalized spacial score (nSPS) is 11.8. The lowest BCUT2D eigenvalue weighted by atomic mass is 10.1. The Morgan fingerprint density at radius 1 is 1.16 bits per heavy atom. The van der Waals surface area contributed by atoms with E-state index in [2.05, 4.69) is 10.3 Å². The van der Waals surface area contributed by atoms with E-state index in [-0.39, 0.29) is 43.3 Å². The number of pyridine rings is 1. The third-order valence-corrected chi connectivity index (χ3v) is 7.38. The molecule has 0 spiro atoms. The van der Waals surface area contributed by atoms with Crippen molar-refractivity contribution in [2.45, 2.75) is 32.1 Å². The van der Waals surface area contributed by atoms with Gasteiger partial charge in [0.1, 0.15) is 23.1 Å². The molecule has 44 heavy (non-hydrogen) atoms. The number of rotatable bonds is 12. The van der Waals surface area contributed by atoms with E-state index in [0.717, 1.165) is 22.4 Å². The number of halogens is 2. The van der Waals surface area contributed by atoms with Crippen LogP contribution >= 0.6 is 11.3 Å². The summed E-state index contributed by atoms with van der Waals surface area (Å²) in [5.41, 5.74) is 5.93. The summed E-state index contributed by atoms with van der Waals surface area (Å²) in [6.45, 7) is 0.0972. The van der Waals surface area contributed by atoms with Crippen molar-refractivity contribution in [1.82, 2.24) is 14.5 Å². The molecule has 14 heteroatoms. The van der Waals surface area contributed by atoms with Gasteiger partial charge in [0.2, 0.25) is 5.91 Å². The van der Waals surface area contributed by atoms with Gasteiger partial charge in [0.05, 0.1) is 16.8 Å². The first kappa shape index (κ1) is 31.8. The quantitative estimate of drug-likeness (QED) is 0.225. The summed E-state index contributed by atoms with van der Waals surface area (Å²) >= 11 is 1.32. The molecule has 1 unspecified atom stereocenters. The Balaban J connectivity index is 1.46. The summed E-state index contributed by atoms with van der Waals surface area (Å²) in [6.07, 6.45) is 2.21. The predicted molar refractivity (Wildman–Crippen MR) is 160 cm³/mol. The number of hydrogen-bond donors (Lipinski definition) is 2. The standard InChI is InChI=1S/C30H29F2N5O6S/c1-36(2)26(38)11-4-3-10-24(43-30(33)41)28(39)35-22-9-6-14-37(29(22)40)16-25-34-21-8-5-7-18(27(21)44-25)17-42-23-13-12-19(31)15-20(23)32/h4-9,11-15,24H,3,10,16-17H2,1-2H3,(H2,33,41)(H,35,39). The van der Waals surface area contributed by atoms with E-state index in [0.29, 0.717) is 10.5 Å². The van der Waals surface area contributed by atoms with Crippen molar-refractivity contribution < 1.29 is 32.6 Å². The third-order valence-electron chi connectivity index (χ3n) is 6.25. The van der Waals surface area contributed by atoms with Crippen molar-refractivity contribution in [3.8, 4) is 5.75 Å². The van der Waals surface area contributed by atoms with Gasteiger partial charge in [0.25, 0.3) is 11.5 Å². The first-order chi connectivity index (χ1) is 21.0. The van der Waals surface area contributed by atoms with Crippen LogP contribution in [0.2, 0.25) is 0 Å². The molecule has 0 aliphatic rings. The number of thiazole rings is 1. The number of allylic oxidation sites excluding steroid dienone is 1. The number of amides is 3. The number of nitrogens with one attached hydrogen (secondary N) is 1. The highest BCUT2D eigenvalue weighted by atomic mass is 32.1. The Morgan fingerprint density at radius 2 is 1.95 bits per heavy atom. The average molecular weight is 626 g/mol. The fourth-order valence-corrected chi connectivity index (χ4v) is 5.12. The van der Waals surface area contributed by atoms with Gasteiger partial charge in [-0.1, -0.05) is 18.2 Å². The molecule has 0 aliphatic carbocycles. The van der Waals surface area contributed by atoms with Gasteiger partial charge in [-0.05, 0) is 49.2 Å². The first-order valence-electron chi connectivity index (χ1n) is 13.3. The summed E-state index contributed by atoms with van der Waals surface area (Å²) in [4.78, 5) is 55.2. The maximum Gasteiger partial charge on any atom is 0.405 e. The summed E-state index contributed by atoms with van der Waals surface area (Å²) in [7, 11) is 3.19. The lowest BCUT2D eigenvalue weighted by Gasteiger charge is -2.16. The number of ether oxygens (including phenoxy) is 2. The van der Waals surface area contributed by atoms with Gasteiger partial charge < -0.3 is 30.0 Å². The molecule has 2 heterocycles. The second kappa shape index (κ2) is 14.4. The number of hydrogen-bond acceptors (Lipinski definition) is 8. The molecule has 1 atom stereocenters. The smallest absolute Gasteiger partial charge is 0.405 e. The zero-order chi connectivity index (χ0) is 31.8. The summed E-state index contributed by atoms with van der Waals surface area (Å²) < 4.78 is 39.9. The third kappa shape index (κ3) is 8.25. The molecule has 2 aromatic carbocycles. The fraction of sp³-hybridized carbons (Fsp3) is 0.233. The lowest BCUT2D eigenvalue weighted by Crippen LogP contribution is -2.36. The van der Waals surface area contributed by atoms with Crippen molar-refractivity contribution in [3.05, 3.63) is 99.4 Å². The van der Waals surface area contributed by atoms with Crippen LogP contribution in [0.4, 0.5) is 19.3 Å². The Kier molecular flexibility index (Phi) is 10.4. The van der Waals surface area contributed by atoms with E-state index in [1.807, 2.05) is 0 Å². The monoisotopic (exact) mass is 625 g/mol. The molecule has 0 fully saturated rings. The van der Waals surface area contributed by atoms with Crippen LogP contribution in [0.5, 0.6) is 5.75 Å². The Bertz CT molecular complexity index is 1770. The zero-order valence-corrected chi connectivity index (χ0v) is 24.6. The van der Waals surface area contributed by atoms with Crippen molar-refractivity contribution >= 4 is 45.1 Å². The van der Waals surface area contributed by atoms with Gasteiger partial charge in [-0.3, -0.25) is 14.4 Å². The van der Waals surface area contributed by atoms with Crippen LogP contribution in [0, 0.1) is 11.6 Å². The second-order valence-electron chi connectivity index (χ2n) is 9.72. The molecule has 2 aromatic heterocycles. The van der Waals surface area contributed by atoms with E-state index < -0.39 is 35.3 Å². The zero-order valence-electron chi connectivity index (χ0n) is 23.8. The maximum absolute atomic E-state index is 14.0. The molecule has 11 nitrogen and oxygen atoms in total. The molecule has 4 rings (SSSR count). The van der Waals surface area contributed by atoms with Crippen molar-refractivity contribution in [3.63, 3.8) is 0 Å². The predicted octanol–water partition coefficient (Wildman–Crippen LogP) is 4.19. The van der Waals surface area contributed by atoms with Crippen LogP contribution in [-0.2, 0) is 27.5 Å². The number of carbonyl (C=O) groups is 3. The Hall–Kier alpha value is -5.11. The van der Waals surface area contributed by atoms with Gasteiger partial charge in [0.15, 0.2) is 17.7 Å². The second-order valence-corrected chi connectivity index (χ2v) is 10.8. The number of nitrogens with zero attached hydrogens (tertiary/aromatic N) is 3. The van der Waals surface area contributed by atoms with Crippen LogP contribution in [0.1, 0.15) is 23.4 Å². The molecule has 3 N–H and O–H groups in total. The lowest BCUT2D eigenvalue weighted by molar-refractivity contribution is -0.124. The number of fused-ring (bicyclic) bond motifs is 1. The van der Waals surface area contributed by atoms with Crippen molar-refractivity contribution in [1.29, 1.82) is 0 Å². The van der Waals surface area contributed by atoms with E-state index >= 15 is 0 Å². The topological polar surface area (TPSA) is 146 Å². The van der Waals surface area contributed by atoms with Crippen LogP contribution in [0.15, 0.2) is 71.7 Å². The summed E-state index contributed by atoms with van der Waals surface area (Å²) in [5.74, 6) is -2.60. The number of carbonyl (C=O) groups excluding carboxylic acids is 3. The van der Waals surface area contributed by atoms with Crippen molar-refractivity contribution in [2.24, 2.45) is 5.73 Å². The minimum atomic E-state index is -1.30. The van der Waals surface area contributed by atoms with E-state index in [4.69, 9.17) is 15.2 Å². The maximum atomic E-state index is 14.0. The number of likely N-dealkylation sites (N-methyl/N-ethyl adjacent to an activating group) is 1. The number of benzene rings is 2. The molecule has 0 radical (unpaired) electrons. The number of primary amides is 1. The van der Waals surface area contributed by atoms with Crippen LogP contribution < -0.4 is 21.3 Å². The van der Waals surface area contributed by atoms with E-state index in [9.17, 15) is 28.0 Å². The molecule has 230 valence electrons. The highest BCUT2D eigenvalue weighted by molar-refractivity contribution is 7.18. The van der Waals surface area contributed by atoms with E-state index in [1.54, 1.807) is 44.4 Å². The molecule has 0 saturated heterocycles. The van der Waals surface area contributed by atoms with Crippen LogP contribution in [-0.4, -0.2) is 52.6 Å². The highest BCUT2D eigenvalue weighted by Gasteiger charge is 2.23. The summed E-state index contributed by atoms with van der Waals surface area (Å²) in [6, 6.07) is 11.4. The van der Waals surface area contributed by atoms with Gasteiger partial charge >= 0.3 is 6.09 Å². The molecular weight excluding hydrogens is 596 g/mol. The Labute approximate surface area is 254 Å². The summed E-state index contributed by atoms with van der Waals surface area (Å²) in [5, 5.41) is 3.08. The molecule has 0 saturated carbocycles. The van der Waals surface area contributed by atoms with Crippen molar-refractivity contribution in [2.75, 3.05) is 19.4 Å². The average Bonchev–Trinajstić information content (AvgIpc) is 3.39. The molecular formula is C30H29F2N5O6S. The van der Waals surface area contributed by atoms with Gasteiger partial charge in [0, 0.05) is 31.9 Å². The van der Waals surface area contributed by atoms with Gasteiger partial charge in [-0.25, -0.2) is 18.6 Å². The molecule has 4 aromatic rings. The number of anilines is 1. The molecule has 0 bridgehead atoms. The largest absolute Gasteiger partial charge is 0.486 e. The fourth-order valence-electron chi connectivity index (χ4n) is 4.06. The highest BCUT2D eigenvalue weighted by Crippen LogP contribution is 2.28. The number of aromatic nitrogens is 2. The minimum absolute atomic E-state index is 0.0132. The van der Waals surface area contributed by atoms with E-state index in [1.165, 1.54) is 45.2 Å². The Morgan fingerprint density at radius 3 is 2.68 bits per heavy atom. The van der Waals surface area contributed by atoms with Crippen LogP contribution in [0.25, 0.3) is 10.2 Å².